The third-order valence-corrected chi connectivity index (χ3v) is 4.36. The molecule has 13 heteroatoms. The number of hydrogen-bond donors (Lipinski definition) is 1. The van der Waals surface area contributed by atoms with Crippen molar-refractivity contribution < 1.29 is 42.9 Å². The van der Waals surface area contributed by atoms with Crippen LogP contribution >= 0.6 is 0 Å². The van der Waals surface area contributed by atoms with Gasteiger partial charge in [-0.15, -0.1) is 0 Å². The molecule has 0 radical (unpaired) electrons. The normalized spacial score (nSPS) is 19.6. The Balaban J connectivity index is 3.62. The van der Waals surface area contributed by atoms with Gasteiger partial charge in [0.2, 0.25) is 0 Å². The van der Waals surface area contributed by atoms with Crippen molar-refractivity contribution in [3.8, 4) is 18.2 Å². The second kappa shape index (κ2) is 11.9. The van der Waals surface area contributed by atoms with Gasteiger partial charge in [-0.3, -0.25) is 19.2 Å². The average molecular weight is 462 g/mol. The standard InChI is InChI=1S/C20H22N4O9/c1-9(25)29-8-15(30-10(2)26)17(31-11(3)27)19(32-12(4)28)18-16(13(5-21)6-22)14(7-23)20(24)33-18/h13,15-19H,8,24H2,1-4H3/t15-,16?,17+,18?,19-/m0/s1. The van der Waals surface area contributed by atoms with Crippen molar-refractivity contribution in [1.29, 1.82) is 15.8 Å². The molecule has 0 aliphatic carbocycles. The molecule has 2 N–H and O–H groups in total. The molecule has 176 valence electrons. The Kier molecular flexibility index (Phi) is 9.65. The first kappa shape index (κ1) is 26.7. The molecule has 0 saturated heterocycles. The zero-order valence-electron chi connectivity index (χ0n) is 18.3. The largest absolute Gasteiger partial charge is 0.470 e. The van der Waals surface area contributed by atoms with E-state index in [1.165, 1.54) is 0 Å². The van der Waals surface area contributed by atoms with Gasteiger partial charge in [-0.1, -0.05) is 0 Å². The number of ether oxygens (including phenoxy) is 5. The zero-order chi connectivity index (χ0) is 25.3. The van der Waals surface area contributed by atoms with Crippen LogP contribution in [0, 0.1) is 45.8 Å². The van der Waals surface area contributed by atoms with E-state index >= 15 is 0 Å². The highest BCUT2D eigenvalue weighted by molar-refractivity contribution is 5.69. The molecule has 5 atom stereocenters. The van der Waals surface area contributed by atoms with Crippen LogP contribution in [0.2, 0.25) is 0 Å². The van der Waals surface area contributed by atoms with Gasteiger partial charge >= 0.3 is 23.9 Å². The van der Waals surface area contributed by atoms with Gasteiger partial charge in [0.1, 0.15) is 18.6 Å². The van der Waals surface area contributed by atoms with Crippen LogP contribution in [0.4, 0.5) is 0 Å². The van der Waals surface area contributed by atoms with Crippen molar-refractivity contribution in [1.82, 2.24) is 0 Å². The number of esters is 4. The van der Waals surface area contributed by atoms with E-state index in [1.54, 1.807) is 18.2 Å². The van der Waals surface area contributed by atoms with Crippen LogP contribution in [0.3, 0.4) is 0 Å². The molecule has 0 saturated carbocycles. The molecule has 0 bridgehead atoms. The maximum Gasteiger partial charge on any atom is 0.303 e. The second-order valence-electron chi connectivity index (χ2n) is 6.83. The van der Waals surface area contributed by atoms with Crippen molar-refractivity contribution in [2.75, 3.05) is 6.61 Å². The predicted octanol–water partition coefficient (Wildman–Crippen LogP) is -0.283. The van der Waals surface area contributed by atoms with E-state index in [4.69, 9.17) is 29.4 Å². The fraction of sp³-hybridized carbons (Fsp3) is 0.550. The lowest BCUT2D eigenvalue weighted by molar-refractivity contribution is -0.200. The van der Waals surface area contributed by atoms with E-state index in [2.05, 4.69) is 0 Å². The van der Waals surface area contributed by atoms with Crippen LogP contribution in [0.15, 0.2) is 11.5 Å². The molecule has 0 amide bonds. The van der Waals surface area contributed by atoms with Crippen LogP contribution in [-0.4, -0.2) is 54.9 Å². The molecule has 1 aliphatic rings. The van der Waals surface area contributed by atoms with Gasteiger partial charge in [-0.05, 0) is 0 Å². The zero-order valence-corrected chi connectivity index (χ0v) is 18.3. The van der Waals surface area contributed by atoms with Crippen molar-refractivity contribution in [3.05, 3.63) is 11.5 Å². The number of rotatable bonds is 9. The van der Waals surface area contributed by atoms with Gasteiger partial charge in [0.25, 0.3) is 0 Å². The topological polar surface area (TPSA) is 212 Å². The molecular formula is C20H22N4O9. The van der Waals surface area contributed by atoms with E-state index in [0.29, 0.717) is 0 Å². The minimum absolute atomic E-state index is 0.254. The van der Waals surface area contributed by atoms with Crippen molar-refractivity contribution >= 4 is 23.9 Å². The lowest BCUT2D eigenvalue weighted by atomic mass is 9.81. The molecule has 1 rings (SSSR count). The van der Waals surface area contributed by atoms with Gasteiger partial charge in [-0.2, -0.15) is 15.8 Å². The fourth-order valence-electron chi connectivity index (χ4n) is 3.23. The molecule has 0 fully saturated rings. The Morgan fingerprint density at radius 3 is 1.91 bits per heavy atom. The SMILES string of the molecule is CC(=O)OC[C@H](OC(C)=O)[C@@H](OC(C)=O)[C@H](OC(C)=O)C1OC(N)=C(C#N)C1C(C#N)C#N. The third-order valence-electron chi connectivity index (χ3n) is 4.36. The lowest BCUT2D eigenvalue weighted by Gasteiger charge is -2.36. The number of hydrogen-bond acceptors (Lipinski definition) is 13. The van der Waals surface area contributed by atoms with Crippen LogP contribution in [0.25, 0.3) is 0 Å². The van der Waals surface area contributed by atoms with E-state index in [-0.39, 0.29) is 5.57 Å². The van der Waals surface area contributed by atoms with Crippen molar-refractivity contribution in [3.63, 3.8) is 0 Å². The molecule has 0 spiro atoms. The Morgan fingerprint density at radius 1 is 0.939 bits per heavy atom. The summed E-state index contributed by atoms with van der Waals surface area (Å²) >= 11 is 0. The summed E-state index contributed by atoms with van der Waals surface area (Å²) in [5.41, 5.74) is 5.50. The number of nitrogens with zero attached hydrogens (tertiary/aromatic N) is 3. The van der Waals surface area contributed by atoms with Gasteiger partial charge in [0.05, 0.1) is 23.6 Å². The Labute approximate surface area is 189 Å². The summed E-state index contributed by atoms with van der Waals surface area (Å²) in [7, 11) is 0. The van der Waals surface area contributed by atoms with Crippen molar-refractivity contribution in [2.24, 2.45) is 17.6 Å². The number of carbonyl (C=O) groups excluding carboxylic acids is 4. The molecule has 0 aromatic heterocycles. The van der Waals surface area contributed by atoms with E-state index in [9.17, 15) is 35.0 Å². The van der Waals surface area contributed by atoms with Crippen LogP contribution in [-0.2, 0) is 42.9 Å². The first-order chi connectivity index (χ1) is 15.5. The maximum atomic E-state index is 11.9. The predicted molar refractivity (Wildman–Crippen MR) is 103 cm³/mol. The molecule has 0 aromatic carbocycles. The monoisotopic (exact) mass is 462 g/mol. The number of nitrogens with two attached hydrogens (primary N) is 1. The minimum Gasteiger partial charge on any atom is -0.470 e. The quantitative estimate of drug-likeness (QED) is 0.345. The summed E-state index contributed by atoms with van der Waals surface area (Å²) in [6.45, 7) is 3.55. The minimum atomic E-state index is -1.63. The van der Waals surface area contributed by atoms with Gasteiger partial charge in [-0.25, -0.2) is 0 Å². The summed E-state index contributed by atoms with van der Waals surface area (Å²) < 4.78 is 26.0. The molecular weight excluding hydrogens is 440 g/mol. The molecule has 33 heavy (non-hydrogen) atoms. The molecule has 1 aliphatic heterocycles. The first-order valence-electron chi connectivity index (χ1n) is 9.47. The Bertz CT molecular complexity index is 942. The summed E-state index contributed by atoms with van der Waals surface area (Å²) in [5.74, 6) is -6.60. The highest BCUT2D eigenvalue weighted by Gasteiger charge is 2.53. The molecule has 0 aromatic rings. The summed E-state index contributed by atoms with van der Waals surface area (Å²) in [6.07, 6.45) is -6.22. The third kappa shape index (κ3) is 7.11. The highest BCUT2D eigenvalue weighted by Crippen LogP contribution is 2.38. The summed E-state index contributed by atoms with van der Waals surface area (Å²) in [4.78, 5) is 46.8. The van der Waals surface area contributed by atoms with E-state index < -0.39 is 72.6 Å². The fourth-order valence-corrected chi connectivity index (χ4v) is 3.23. The first-order valence-corrected chi connectivity index (χ1v) is 9.47. The Morgan fingerprint density at radius 2 is 1.48 bits per heavy atom. The summed E-state index contributed by atoms with van der Waals surface area (Å²) in [6, 6.07) is 5.18. The maximum absolute atomic E-state index is 11.9. The van der Waals surface area contributed by atoms with Crippen molar-refractivity contribution in [2.45, 2.75) is 52.1 Å². The van der Waals surface area contributed by atoms with Crippen LogP contribution in [0.5, 0.6) is 0 Å². The van der Waals surface area contributed by atoms with Crippen LogP contribution in [0.1, 0.15) is 27.7 Å². The van der Waals surface area contributed by atoms with Crippen LogP contribution < -0.4 is 5.73 Å². The van der Waals surface area contributed by atoms with E-state index in [0.717, 1.165) is 27.7 Å². The van der Waals surface area contributed by atoms with Gasteiger partial charge in [0, 0.05) is 27.7 Å². The van der Waals surface area contributed by atoms with Gasteiger partial charge < -0.3 is 29.4 Å². The molecule has 1 heterocycles. The molecule has 13 nitrogen and oxygen atoms in total. The summed E-state index contributed by atoms with van der Waals surface area (Å²) in [5, 5.41) is 28.3. The smallest absolute Gasteiger partial charge is 0.303 e. The van der Waals surface area contributed by atoms with E-state index in [1.807, 2.05) is 0 Å². The number of carbonyl (C=O) groups is 4. The Hall–Kier alpha value is -4.31. The molecule has 2 unspecified atom stereocenters. The highest BCUT2D eigenvalue weighted by atomic mass is 16.6. The lowest BCUT2D eigenvalue weighted by Crippen LogP contribution is -2.54. The van der Waals surface area contributed by atoms with Gasteiger partial charge in [0.15, 0.2) is 30.3 Å². The second-order valence-corrected chi connectivity index (χ2v) is 6.83. The average Bonchev–Trinajstić information content (AvgIpc) is 3.04. The number of nitriles is 3.